The zero-order valence-corrected chi connectivity index (χ0v) is 18.0. The molecule has 0 aliphatic carbocycles. The third-order valence-electron chi connectivity index (χ3n) is 4.55. The van der Waals surface area contributed by atoms with E-state index in [-0.39, 0.29) is 35.6 Å². The van der Waals surface area contributed by atoms with Crippen molar-refractivity contribution in [1.29, 1.82) is 0 Å². The third kappa shape index (κ3) is 5.69. The summed E-state index contributed by atoms with van der Waals surface area (Å²) in [6, 6.07) is 9.61. The molecule has 0 bridgehead atoms. The molecule has 32 heavy (non-hydrogen) atoms. The lowest BCUT2D eigenvalue weighted by Crippen LogP contribution is -2.30. The second-order valence-electron chi connectivity index (χ2n) is 7.65. The minimum absolute atomic E-state index is 0.0145. The Kier molecular flexibility index (Phi) is 7.19. The van der Waals surface area contributed by atoms with E-state index in [9.17, 15) is 18.4 Å². The lowest BCUT2D eigenvalue weighted by Gasteiger charge is -2.11. The molecule has 0 saturated heterocycles. The predicted molar refractivity (Wildman–Crippen MR) is 115 cm³/mol. The molecular formula is C23H24F2N4O3. The molecule has 0 spiro atoms. The molecule has 3 rings (SSSR count). The first-order valence-electron chi connectivity index (χ1n) is 10.0. The maximum absolute atomic E-state index is 13.7. The number of benzene rings is 2. The van der Waals surface area contributed by atoms with Gasteiger partial charge in [-0.05, 0) is 35.7 Å². The van der Waals surface area contributed by atoms with E-state index in [2.05, 4.69) is 15.7 Å². The van der Waals surface area contributed by atoms with Crippen molar-refractivity contribution in [3.8, 4) is 5.75 Å². The molecule has 0 fully saturated rings. The van der Waals surface area contributed by atoms with Crippen molar-refractivity contribution in [2.75, 3.05) is 11.9 Å². The third-order valence-corrected chi connectivity index (χ3v) is 4.55. The summed E-state index contributed by atoms with van der Waals surface area (Å²) in [5.74, 6) is -2.09. The molecule has 9 heteroatoms. The van der Waals surface area contributed by atoms with E-state index >= 15 is 0 Å². The number of amides is 2. The van der Waals surface area contributed by atoms with Crippen molar-refractivity contribution in [2.24, 2.45) is 13.0 Å². The smallest absolute Gasteiger partial charge is 0.271 e. The highest BCUT2D eigenvalue weighted by atomic mass is 19.1. The van der Waals surface area contributed by atoms with Crippen molar-refractivity contribution in [3.05, 3.63) is 77.1 Å². The average Bonchev–Trinajstić information content (AvgIpc) is 3.11. The zero-order valence-electron chi connectivity index (χ0n) is 18.0. The molecule has 0 atom stereocenters. The summed E-state index contributed by atoms with van der Waals surface area (Å²) in [6.07, 6.45) is 1.41. The van der Waals surface area contributed by atoms with E-state index in [4.69, 9.17) is 4.74 Å². The number of carbonyl (C=O) groups excluding carboxylic acids is 2. The largest absolute Gasteiger partial charge is 0.486 e. The summed E-state index contributed by atoms with van der Waals surface area (Å²) >= 11 is 0. The van der Waals surface area contributed by atoms with Crippen molar-refractivity contribution in [1.82, 2.24) is 15.1 Å². The van der Waals surface area contributed by atoms with Crippen LogP contribution < -0.4 is 15.4 Å². The van der Waals surface area contributed by atoms with E-state index in [0.717, 1.165) is 12.1 Å². The SMILES string of the molecule is CC(C)CNC(=O)c1c(NC(=O)c2cccc(COc3ccc(F)cc3F)c2)cnn1C. The Morgan fingerprint density at radius 2 is 1.91 bits per heavy atom. The van der Waals surface area contributed by atoms with Gasteiger partial charge in [0.2, 0.25) is 0 Å². The van der Waals surface area contributed by atoms with Crippen LogP contribution in [0, 0.1) is 17.6 Å². The van der Waals surface area contributed by atoms with Gasteiger partial charge in [0, 0.05) is 25.2 Å². The van der Waals surface area contributed by atoms with Gasteiger partial charge < -0.3 is 15.4 Å². The summed E-state index contributed by atoms with van der Waals surface area (Å²) < 4.78 is 33.5. The molecule has 168 valence electrons. The first-order valence-corrected chi connectivity index (χ1v) is 10.0. The Morgan fingerprint density at radius 1 is 1.12 bits per heavy atom. The zero-order chi connectivity index (χ0) is 23.3. The van der Waals surface area contributed by atoms with Crippen LogP contribution in [0.2, 0.25) is 0 Å². The van der Waals surface area contributed by atoms with Crippen molar-refractivity contribution >= 4 is 17.5 Å². The number of halogens is 2. The fraction of sp³-hybridized carbons (Fsp3) is 0.261. The van der Waals surface area contributed by atoms with E-state index < -0.39 is 17.5 Å². The number of aromatic nitrogens is 2. The van der Waals surface area contributed by atoms with Crippen LogP contribution >= 0.6 is 0 Å². The molecule has 1 aromatic heterocycles. The molecular weight excluding hydrogens is 418 g/mol. The first kappa shape index (κ1) is 22.9. The van der Waals surface area contributed by atoms with Gasteiger partial charge in [-0.1, -0.05) is 26.0 Å². The minimum atomic E-state index is -0.807. The molecule has 0 radical (unpaired) electrons. The van der Waals surface area contributed by atoms with Gasteiger partial charge >= 0.3 is 0 Å². The van der Waals surface area contributed by atoms with Crippen LogP contribution in [0.4, 0.5) is 14.5 Å². The summed E-state index contributed by atoms with van der Waals surface area (Å²) in [6.45, 7) is 4.44. The normalized spacial score (nSPS) is 10.8. The van der Waals surface area contributed by atoms with Gasteiger partial charge in [-0.3, -0.25) is 14.3 Å². The fourth-order valence-electron chi connectivity index (χ4n) is 2.93. The molecule has 7 nitrogen and oxygen atoms in total. The number of anilines is 1. The number of carbonyl (C=O) groups is 2. The highest BCUT2D eigenvalue weighted by Gasteiger charge is 2.19. The van der Waals surface area contributed by atoms with Crippen LogP contribution in [0.5, 0.6) is 5.75 Å². The molecule has 0 aliphatic heterocycles. The second kappa shape index (κ2) is 10.0. The Labute approximate surface area is 184 Å². The number of hydrogen-bond acceptors (Lipinski definition) is 4. The molecule has 3 aromatic rings. The van der Waals surface area contributed by atoms with Gasteiger partial charge in [0.25, 0.3) is 11.8 Å². The standard InChI is InChI=1S/C23H24F2N4O3/c1-14(2)11-26-23(31)21-19(12-27-29(21)3)28-22(30)16-6-4-5-15(9-16)13-32-20-8-7-17(24)10-18(20)25/h4-10,12,14H,11,13H2,1-3H3,(H,26,31)(H,28,30). The quantitative estimate of drug-likeness (QED) is 0.554. The fourth-order valence-corrected chi connectivity index (χ4v) is 2.93. The van der Waals surface area contributed by atoms with E-state index in [1.54, 1.807) is 31.3 Å². The van der Waals surface area contributed by atoms with Crippen LogP contribution in [0.1, 0.15) is 40.3 Å². The highest BCUT2D eigenvalue weighted by Crippen LogP contribution is 2.20. The number of aryl methyl sites for hydroxylation is 1. The number of nitrogens with zero attached hydrogens (tertiary/aromatic N) is 2. The number of hydrogen-bond donors (Lipinski definition) is 2. The Hall–Kier alpha value is -3.75. The first-order chi connectivity index (χ1) is 15.2. The molecule has 1 heterocycles. The van der Waals surface area contributed by atoms with Gasteiger partial charge in [0.15, 0.2) is 11.6 Å². The summed E-state index contributed by atoms with van der Waals surface area (Å²) in [7, 11) is 1.62. The molecule has 2 aromatic carbocycles. The summed E-state index contributed by atoms with van der Waals surface area (Å²) in [4.78, 5) is 25.3. The van der Waals surface area contributed by atoms with Crippen LogP contribution in [0.25, 0.3) is 0 Å². The second-order valence-corrected chi connectivity index (χ2v) is 7.65. The summed E-state index contributed by atoms with van der Waals surface area (Å²) in [5, 5.41) is 9.58. The van der Waals surface area contributed by atoms with Gasteiger partial charge in [0.1, 0.15) is 18.1 Å². The predicted octanol–water partition coefficient (Wildman–Crippen LogP) is 3.92. The van der Waals surface area contributed by atoms with Gasteiger partial charge in [-0.25, -0.2) is 8.78 Å². The molecule has 2 amide bonds. The molecule has 2 N–H and O–H groups in total. The van der Waals surface area contributed by atoms with Crippen LogP contribution in [0.3, 0.4) is 0 Å². The average molecular weight is 442 g/mol. The van der Waals surface area contributed by atoms with E-state index in [1.807, 2.05) is 13.8 Å². The number of ether oxygens (including phenoxy) is 1. The Bertz CT molecular complexity index is 1130. The van der Waals surface area contributed by atoms with Crippen molar-refractivity contribution in [2.45, 2.75) is 20.5 Å². The van der Waals surface area contributed by atoms with Crippen molar-refractivity contribution < 1.29 is 23.1 Å². The number of rotatable bonds is 8. The van der Waals surface area contributed by atoms with Crippen molar-refractivity contribution in [3.63, 3.8) is 0 Å². The lowest BCUT2D eigenvalue weighted by molar-refractivity contribution is 0.0940. The topological polar surface area (TPSA) is 85.2 Å². The van der Waals surface area contributed by atoms with Crippen LogP contribution in [-0.2, 0) is 13.7 Å². The monoisotopic (exact) mass is 442 g/mol. The number of nitrogens with one attached hydrogen (secondary N) is 2. The van der Waals surface area contributed by atoms with Gasteiger partial charge in [-0.15, -0.1) is 0 Å². The Balaban J connectivity index is 1.69. The maximum atomic E-state index is 13.7. The van der Waals surface area contributed by atoms with E-state index in [0.29, 0.717) is 17.7 Å². The molecule has 0 unspecified atom stereocenters. The van der Waals surface area contributed by atoms with E-state index in [1.165, 1.54) is 16.9 Å². The Morgan fingerprint density at radius 3 is 2.62 bits per heavy atom. The van der Waals surface area contributed by atoms with Gasteiger partial charge in [0.05, 0.1) is 11.9 Å². The van der Waals surface area contributed by atoms with Crippen LogP contribution in [0.15, 0.2) is 48.7 Å². The maximum Gasteiger partial charge on any atom is 0.271 e. The highest BCUT2D eigenvalue weighted by molar-refractivity contribution is 6.08. The molecule has 0 saturated carbocycles. The minimum Gasteiger partial charge on any atom is -0.486 e. The summed E-state index contributed by atoms with van der Waals surface area (Å²) in [5.41, 5.74) is 1.46. The molecule has 0 aliphatic rings. The van der Waals surface area contributed by atoms with Crippen LogP contribution in [-0.4, -0.2) is 28.1 Å². The van der Waals surface area contributed by atoms with Gasteiger partial charge in [-0.2, -0.15) is 5.10 Å². The lowest BCUT2D eigenvalue weighted by atomic mass is 10.1.